The number of rotatable bonds is 4. The van der Waals surface area contributed by atoms with E-state index in [1.54, 1.807) is 17.7 Å². The van der Waals surface area contributed by atoms with Crippen molar-refractivity contribution in [2.45, 2.75) is 13.0 Å². The van der Waals surface area contributed by atoms with E-state index in [9.17, 15) is 9.00 Å². The summed E-state index contributed by atoms with van der Waals surface area (Å²) in [6.07, 6.45) is 1.62. The van der Waals surface area contributed by atoms with Crippen molar-refractivity contribution >= 4 is 28.0 Å². The van der Waals surface area contributed by atoms with Gasteiger partial charge in [-0.25, -0.2) is 0 Å². The number of carbonyl (C=O) groups excluding carboxylic acids is 1. The average molecular weight is 284 g/mol. The molecule has 1 heterocycles. The molecule has 2 unspecified atom stereocenters. The molecule has 6 heteroatoms. The van der Waals surface area contributed by atoms with Gasteiger partial charge in [-0.05, 0) is 13.0 Å². The highest BCUT2D eigenvalue weighted by atomic mass is 32.2. The minimum Gasteiger partial charge on any atom is -0.349 e. The van der Waals surface area contributed by atoms with E-state index in [1.807, 2.05) is 6.92 Å². The summed E-state index contributed by atoms with van der Waals surface area (Å²) >= 11 is 1.41. The Morgan fingerprint density at radius 1 is 1.67 bits per heavy atom. The smallest absolute Gasteiger partial charge is 0.252 e. The molecule has 2 atom stereocenters. The lowest BCUT2D eigenvalue weighted by Crippen LogP contribution is -2.35. The SMILES string of the molecule is CC(CS(C)=O)NC(=O)c1csc(C#CCN)c1. The summed E-state index contributed by atoms with van der Waals surface area (Å²) in [4.78, 5) is 12.7. The fourth-order valence-corrected chi connectivity index (χ4v) is 2.90. The van der Waals surface area contributed by atoms with Crippen molar-refractivity contribution in [2.75, 3.05) is 18.6 Å². The van der Waals surface area contributed by atoms with Crippen LogP contribution in [0.1, 0.15) is 22.2 Å². The second-order valence-electron chi connectivity index (χ2n) is 3.82. The van der Waals surface area contributed by atoms with E-state index in [4.69, 9.17) is 5.73 Å². The van der Waals surface area contributed by atoms with Crippen LogP contribution < -0.4 is 11.1 Å². The standard InChI is InChI=1S/C12H16N2O2S2/c1-9(8-18(2)16)14-12(15)10-6-11(17-7-10)4-3-5-13/h6-7,9H,5,8,13H2,1-2H3,(H,14,15). The summed E-state index contributed by atoms with van der Waals surface area (Å²) < 4.78 is 11.0. The van der Waals surface area contributed by atoms with Gasteiger partial charge in [0.15, 0.2) is 0 Å². The van der Waals surface area contributed by atoms with Crippen LogP contribution in [0.25, 0.3) is 0 Å². The second-order valence-corrected chi connectivity index (χ2v) is 6.21. The molecule has 3 N–H and O–H groups in total. The third-order valence-electron chi connectivity index (χ3n) is 2.04. The largest absolute Gasteiger partial charge is 0.349 e. The van der Waals surface area contributed by atoms with Gasteiger partial charge in [0.05, 0.1) is 17.0 Å². The molecule has 1 aromatic heterocycles. The van der Waals surface area contributed by atoms with E-state index in [0.29, 0.717) is 17.9 Å². The molecule has 0 bridgehead atoms. The minimum absolute atomic E-state index is 0.109. The van der Waals surface area contributed by atoms with Gasteiger partial charge in [-0.15, -0.1) is 11.3 Å². The zero-order valence-corrected chi connectivity index (χ0v) is 12.0. The summed E-state index contributed by atoms with van der Waals surface area (Å²) in [7, 11) is -0.916. The Kier molecular flexibility index (Phi) is 6.05. The third kappa shape index (κ3) is 5.00. The van der Waals surface area contributed by atoms with Crippen molar-refractivity contribution in [3.8, 4) is 11.8 Å². The summed E-state index contributed by atoms with van der Waals surface area (Å²) in [5.74, 6) is 5.91. The molecule has 0 aliphatic rings. The van der Waals surface area contributed by atoms with E-state index < -0.39 is 10.8 Å². The minimum atomic E-state index is -0.916. The van der Waals surface area contributed by atoms with Crippen LogP contribution in [0.4, 0.5) is 0 Å². The van der Waals surface area contributed by atoms with Crippen LogP contribution in [0, 0.1) is 11.8 Å². The van der Waals surface area contributed by atoms with Crippen molar-refractivity contribution in [1.29, 1.82) is 0 Å². The maximum atomic E-state index is 11.8. The van der Waals surface area contributed by atoms with Crippen molar-refractivity contribution in [2.24, 2.45) is 5.73 Å². The first-order valence-corrected chi connectivity index (χ1v) is 8.02. The lowest BCUT2D eigenvalue weighted by molar-refractivity contribution is 0.0944. The summed E-state index contributed by atoms with van der Waals surface area (Å²) in [5, 5.41) is 4.55. The van der Waals surface area contributed by atoms with Crippen molar-refractivity contribution in [1.82, 2.24) is 5.32 Å². The van der Waals surface area contributed by atoms with E-state index in [1.165, 1.54) is 11.3 Å². The van der Waals surface area contributed by atoms with Gasteiger partial charge in [-0.1, -0.05) is 11.8 Å². The zero-order chi connectivity index (χ0) is 13.5. The Balaban J connectivity index is 2.61. The normalized spacial score (nSPS) is 13.3. The average Bonchev–Trinajstić information content (AvgIpc) is 2.73. The number of nitrogens with one attached hydrogen (secondary N) is 1. The molecule has 18 heavy (non-hydrogen) atoms. The summed E-state index contributed by atoms with van der Waals surface area (Å²) in [6, 6.07) is 1.62. The predicted octanol–water partition coefficient (Wildman–Crippen LogP) is 0.555. The molecule has 0 aliphatic carbocycles. The number of hydrogen-bond acceptors (Lipinski definition) is 4. The van der Waals surface area contributed by atoms with Crippen LogP contribution in [0.15, 0.2) is 11.4 Å². The molecule has 98 valence electrons. The number of thiophene rings is 1. The van der Waals surface area contributed by atoms with Crippen LogP contribution in [0.2, 0.25) is 0 Å². The van der Waals surface area contributed by atoms with Gasteiger partial charge in [0.2, 0.25) is 0 Å². The predicted molar refractivity (Wildman–Crippen MR) is 76.1 cm³/mol. The second kappa shape index (κ2) is 7.31. The highest BCUT2D eigenvalue weighted by Gasteiger charge is 2.12. The van der Waals surface area contributed by atoms with E-state index in [-0.39, 0.29) is 11.9 Å². The molecule has 4 nitrogen and oxygen atoms in total. The monoisotopic (exact) mass is 284 g/mol. The Morgan fingerprint density at radius 3 is 3.00 bits per heavy atom. The van der Waals surface area contributed by atoms with Gasteiger partial charge in [0.1, 0.15) is 0 Å². The molecule has 0 spiro atoms. The maximum Gasteiger partial charge on any atom is 0.252 e. The molecule has 1 rings (SSSR count). The first-order chi connectivity index (χ1) is 8.52. The maximum absolute atomic E-state index is 11.8. The third-order valence-corrected chi connectivity index (χ3v) is 3.85. The number of amides is 1. The van der Waals surface area contributed by atoms with Crippen LogP contribution in [0.5, 0.6) is 0 Å². The highest BCUT2D eigenvalue weighted by Crippen LogP contribution is 2.13. The lowest BCUT2D eigenvalue weighted by Gasteiger charge is -2.11. The fourth-order valence-electron chi connectivity index (χ4n) is 1.36. The molecule has 0 fully saturated rings. The van der Waals surface area contributed by atoms with Gasteiger partial charge >= 0.3 is 0 Å². The van der Waals surface area contributed by atoms with Crippen molar-refractivity contribution in [3.05, 3.63) is 21.9 Å². The molecule has 0 radical (unpaired) electrons. The van der Waals surface area contributed by atoms with Gasteiger partial charge in [0.25, 0.3) is 5.91 Å². The molecule has 1 amide bonds. The van der Waals surface area contributed by atoms with Gasteiger partial charge < -0.3 is 11.1 Å². The molecule has 1 aromatic rings. The first-order valence-electron chi connectivity index (χ1n) is 5.41. The van der Waals surface area contributed by atoms with Gasteiger partial charge in [-0.2, -0.15) is 0 Å². The van der Waals surface area contributed by atoms with Crippen LogP contribution >= 0.6 is 11.3 Å². The number of hydrogen-bond donors (Lipinski definition) is 2. The molecule has 0 saturated carbocycles. The molecular formula is C12H16N2O2S2. The topological polar surface area (TPSA) is 72.2 Å². The highest BCUT2D eigenvalue weighted by molar-refractivity contribution is 7.84. The molecule has 0 saturated heterocycles. The van der Waals surface area contributed by atoms with E-state index in [0.717, 1.165) is 4.88 Å². The fraction of sp³-hybridized carbons (Fsp3) is 0.417. The van der Waals surface area contributed by atoms with Crippen molar-refractivity contribution < 1.29 is 9.00 Å². The molecular weight excluding hydrogens is 268 g/mol. The Morgan fingerprint density at radius 2 is 2.39 bits per heavy atom. The van der Waals surface area contributed by atoms with E-state index >= 15 is 0 Å². The van der Waals surface area contributed by atoms with Crippen LogP contribution in [0.3, 0.4) is 0 Å². The van der Waals surface area contributed by atoms with E-state index in [2.05, 4.69) is 17.2 Å². The Labute approximate surface area is 113 Å². The van der Waals surface area contributed by atoms with Gasteiger partial charge in [0, 0.05) is 34.2 Å². The van der Waals surface area contributed by atoms with Gasteiger partial charge in [-0.3, -0.25) is 9.00 Å². The van der Waals surface area contributed by atoms with Crippen LogP contribution in [-0.4, -0.2) is 34.7 Å². The number of nitrogens with two attached hydrogens (primary N) is 1. The number of carbonyl (C=O) groups is 1. The summed E-state index contributed by atoms with van der Waals surface area (Å²) in [5.41, 5.74) is 5.86. The Bertz CT molecular complexity index is 500. The molecule has 0 aliphatic heterocycles. The Hall–Kier alpha value is -1.16. The summed E-state index contributed by atoms with van der Waals surface area (Å²) in [6.45, 7) is 2.14. The van der Waals surface area contributed by atoms with Crippen LogP contribution in [-0.2, 0) is 10.8 Å². The molecule has 0 aromatic carbocycles. The zero-order valence-electron chi connectivity index (χ0n) is 10.4. The lowest BCUT2D eigenvalue weighted by atomic mass is 10.2. The quantitative estimate of drug-likeness (QED) is 0.793. The van der Waals surface area contributed by atoms with Crippen molar-refractivity contribution in [3.63, 3.8) is 0 Å². The first kappa shape index (κ1) is 14.9.